The molecule has 1 rings (SSSR count). The SMILES string of the molecule is CCOc1ccc(C(O)CN(C)CC(=O)O)cc1. The first-order chi connectivity index (χ1) is 8.52. The highest BCUT2D eigenvalue weighted by molar-refractivity contribution is 5.69. The van der Waals surface area contributed by atoms with Crippen LogP contribution in [0.3, 0.4) is 0 Å². The van der Waals surface area contributed by atoms with Crippen molar-refractivity contribution in [2.24, 2.45) is 0 Å². The van der Waals surface area contributed by atoms with Gasteiger partial charge >= 0.3 is 5.97 Å². The molecule has 0 bridgehead atoms. The summed E-state index contributed by atoms with van der Waals surface area (Å²) in [5.74, 6) is -0.149. The zero-order valence-corrected chi connectivity index (χ0v) is 10.7. The van der Waals surface area contributed by atoms with E-state index in [1.165, 1.54) is 0 Å². The Bertz CT molecular complexity index is 377. The zero-order valence-electron chi connectivity index (χ0n) is 10.7. The molecule has 5 heteroatoms. The van der Waals surface area contributed by atoms with E-state index in [9.17, 15) is 9.90 Å². The molecule has 0 amide bonds. The number of nitrogens with zero attached hydrogens (tertiary/aromatic N) is 1. The minimum absolute atomic E-state index is 0.0892. The van der Waals surface area contributed by atoms with E-state index >= 15 is 0 Å². The van der Waals surface area contributed by atoms with E-state index in [2.05, 4.69) is 0 Å². The summed E-state index contributed by atoms with van der Waals surface area (Å²) in [6.45, 7) is 2.70. The summed E-state index contributed by atoms with van der Waals surface area (Å²) < 4.78 is 5.30. The van der Waals surface area contributed by atoms with Crippen LogP contribution in [-0.2, 0) is 4.79 Å². The average Bonchev–Trinajstić information content (AvgIpc) is 2.29. The normalized spacial score (nSPS) is 12.4. The lowest BCUT2D eigenvalue weighted by Crippen LogP contribution is -2.29. The fourth-order valence-corrected chi connectivity index (χ4v) is 1.65. The molecule has 1 atom stereocenters. The van der Waals surface area contributed by atoms with Crippen LogP contribution in [0.25, 0.3) is 0 Å². The summed E-state index contributed by atoms with van der Waals surface area (Å²) in [5.41, 5.74) is 0.746. The number of aliphatic hydroxyl groups excluding tert-OH is 1. The lowest BCUT2D eigenvalue weighted by molar-refractivity contribution is -0.138. The van der Waals surface area contributed by atoms with Crippen molar-refractivity contribution in [3.8, 4) is 5.75 Å². The van der Waals surface area contributed by atoms with Gasteiger partial charge in [0.15, 0.2) is 0 Å². The maximum atomic E-state index is 10.5. The number of carbonyl (C=O) groups is 1. The molecule has 1 aromatic carbocycles. The van der Waals surface area contributed by atoms with Gasteiger partial charge in [-0.2, -0.15) is 0 Å². The number of aliphatic hydroxyl groups is 1. The highest BCUT2D eigenvalue weighted by atomic mass is 16.5. The Hall–Kier alpha value is -1.59. The van der Waals surface area contributed by atoms with Crippen molar-refractivity contribution in [2.75, 3.05) is 26.7 Å². The minimum atomic E-state index is -0.906. The molecule has 0 spiro atoms. The van der Waals surface area contributed by atoms with Gasteiger partial charge in [-0.1, -0.05) is 12.1 Å². The Morgan fingerprint density at radius 2 is 2.00 bits per heavy atom. The zero-order chi connectivity index (χ0) is 13.5. The molecule has 0 aromatic heterocycles. The van der Waals surface area contributed by atoms with E-state index in [0.717, 1.165) is 11.3 Å². The Morgan fingerprint density at radius 3 is 2.50 bits per heavy atom. The van der Waals surface area contributed by atoms with Gasteiger partial charge in [0.25, 0.3) is 0 Å². The van der Waals surface area contributed by atoms with E-state index in [-0.39, 0.29) is 13.1 Å². The van der Waals surface area contributed by atoms with Gasteiger partial charge in [0, 0.05) is 6.54 Å². The molecule has 1 unspecified atom stereocenters. The fourth-order valence-electron chi connectivity index (χ4n) is 1.65. The molecule has 1 aromatic rings. The van der Waals surface area contributed by atoms with Gasteiger partial charge in [-0.3, -0.25) is 9.69 Å². The number of aliphatic carboxylic acids is 1. The monoisotopic (exact) mass is 253 g/mol. The van der Waals surface area contributed by atoms with E-state index in [1.807, 2.05) is 6.92 Å². The Kier molecular flexibility index (Phi) is 5.61. The summed E-state index contributed by atoms with van der Waals surface area (Å²) in [6, 6.07) is 7.15. The first kappa shape index (κ1) is 14.5. The standard InChI is InChI=1S/C13H19NO4/c1-3-18-11-6-4-10(5-7-11)12(15)8-14(2)9-13(16)17/h4-7,12,15H,3,8-9H2,1-2H3,(H,16,17). The van der Waals surface area contributed by atoms with Crippen LogP contribution >= 0.6 is 0 Å². The van der Waals surface area contributed by atoms with Gasteiger partial charge in [-0.25, -0.2) is 0 Å². The summed E-state index contributed by atoms with van der Waals surface area (Å²) in [7, 11) is 1.66. The third-order valence-electron chi connectivity index (χ3n) is 2.47. The third kappa shape index (κ3) is 4.73. The van der Waals surface area contributed by atoms with Gasteiger partial charge in [0.1, 0.15) is 5.75 Å². The molecule has 0 saturated carbocycles. The number of ether oxygens (including phenoxy) is 1. The van der Waals surface area contributed by atoms with Gasteiger partial charge < -0.3 is 14.9 Å². The van der Waals surface area contributed by atoms with Crippen molar-refractivity contribution in [2.45, 2.75) is 13.0 Å². The van der Waals surface area contributed by atoms with Gasteiger partial charge in [-0.05, 0) is 31.7 Å². The smallest absolute Gasteiger partial charge is 0.317 e. The van der Waals surface area contributed by atoms with Gasteiger partial charge in [-0.15, -0.1) is 0 Å². The molecule has 2 N–H and O–H groups in total. The van der Waals surface area contributed by atoms with Gasteiger partial charge in [0.05, 0.1) is 19.3 Å². The van der Waals surface area contributed by atoms with Crippen LogP contribution in [0, 0.1) is 0 Å². The van der Waals surface area contributed by atoms with Crippen molar-refractivity contribution in [3.63, 3.8) is 0 Å². The molecule has 100 valence electrons. The molecule has 0 heterocycles. The van der Waals surface area contributed by atoms with Crippen LogP contribution in [0.15, 0.2) is 24.3 Å². The summed E-state index contributed by atoms with van der Waals surface area (Å²) in [5, 5.41) is 18.6. The molecule has 0 fully saturated rings. The topological polar surface area (TPSA) is 70.0 Å². The lowest BCUT2D eigenvalue weighted by Gasteiger charge is -2.19. The van der Waals surface area contributed by atoms with Crippen molar-refractivity contribution >= 4 is 5.97 Å². The maximum absolute atomic E-state index is 10.5. The molecule has 0 aliphatic rings. The molecule has 0 saturated heterocycles. The van der Waals surface area contributed by atoms with Crippen LogP contribution in [0.1, 0.15) is 18.6 Å². The predicted molar refractivity (Wildman–Crippen MR) is 67.7 cm³/mol. The molecule has 0 aliphatic heterocycles. The van der Waals surface area contributed by atoms with Crippen molar-refractivity contribution in [1.29, 1.82) is 0 Å². The number of rotatable bonds is 7. The van der Waals surface area contributed by atoms with Crippen molar-refractivity contribution in [3.05, 3.63) is 29.8 Å². The van der Waals surface area contributed by atoms with Crippen LogP contribution in [0.5, 0.6) is 5.75 Å². The Labute approximate surface area is 107 Å². The Balaban J connectivity index is 2.55. The lowest BCUT2D eigenvalue weighted by atomic mass is 10.1. The number of carboxylic acid groups (broad SMARTS) is 1. The summed E-state index contributed by atoms with van der Waals surface area (Å²) in [4.78, 5) is 12.1. The Morgan fingerprint density at radius 1 is 1.39 bits per heavy atom. The third-order valence-corrected chi connectivity index (χ3v) is 2.47. The second-order valence-electron chi connectivity index (χ2n) is 4.11. The number of likely N-dealkylation sites (N-methyl/N-ethyl adjacent to an activating group) is 1. The van der Waals surface area contributed by atoms with Crippen LogP contribution < -0.4 is 4.74 Å². The molecule has 5 nitrogen and oxygen atoms in total. The largest absolute Gasteiger partial charge is 0.494 e. The second kappa shape index (κ2) is 6.98. The number of benzene rings is 1. The van der Waals surface area contributed by atoms with Gasteiger partial charge in [0.2, 0.25) is 0 Å². The van der Waals surface area contributed by atoms with Crippen LogP contribution in [0.2, 0.25) is 0 Å². The quantitative estimate of drug-likeness (QED) is 0.762. The van der Waals surface area contributed by atoms with Crippen molar-refractivity contribution < 1.29 is 19.7 Å². The van der Waals surface area contributed by atoms with E-state index in [1.54, 1.807) is 36.2 Å². The number of hydrogen-bond donors (Lipinski definition) is 2. The highest BCUT2D eigenvalue weighted by Crippen LogP contribution is 2.18. The highest BCUT2D eigenvalue weighted by Gasteiger charge is 2.12. The molecule has 0 aliphatic carbocycles. The minimum Gasteiger partial charge on any atom is -0.494 e. The second-order valence-corrected chi connectivity index (χ2v) is 4.11. The van der Waals surface area contributed by atoms with E-state index in [0.29, 0.717) is 6.61 Å². The number of hydrogen-bond acceptors (Lipinski definition) is 4. The fraction of sp³-hybridized carbons (Fsp3) is 0.462. The first-order valence-electron chi connectivity index (χ1n) is 5.84. The summed E-state index contributed by atoms with van der Waals surface area (Å²) >= 11 is 0. The summed E-state index contributed by atoms with van der Waals surface area (Å²) in [6.07, 6.45) is -0.704. The predicted octanol–water partition coefficient (Wildman–Crippen LogP) is 1.14. The first-order valence-corrected chi connectivity index (χ1v) is 5.84. The molecule has 18 heavy (non-hydrogen) atoms. The van der Waals surface area contributed by atoms with E-state index in [4.69, 9.17) is 9.84 Å². The van der Waals surface area contributed by atoms with Crippen molar-refractivity contribution in [1.82, 2.24) is 4.90 Å². The average molecular weight is 253 g/mol. The maximum Gasteiger partial charge on any atom is 0.317 e. The molecular formula is C13H19NO4. The molecular weight excluding hydrogens is 234 g/mol. The van der Waals surface area contributed by atoms with E-state index < -0.39 is 12.1 Å². The van der Waals surface area contributed by atoms with Crippen LogP contribution in [0.4, 0.5) is 0 Å². The number of carboxylic acids is 1. The molecule has 0 radical (unpaired) electrons. The van der Waals surface area contributed by atoms with Crippen LogP contribution in [-0.4, -0.2) is 47.8 Å².